The smallest absolute Gasteiger partial charge is 0.269 e. The second kappa shape index (κ2) is 7.50. The molecule has 0 amide bonds. The molecule has 21 heavy (non-hydrogen) atoms. The van der Waals surface area contributed by atoms with E-state index >= 15 is 0 Å². The molecule has 0 heterocycles. The maximum atomic E-state index is 13.4. The summed E-state index contributed by atoms with van der Waals surface area (Å²) in [6.07, 6.45) is 1.43. The molecule has 0 aliphatic heterocycles. The molecule has 1 N–H and O–H groups in total. The molecule has 5 heteroatoms. The van der Waals surface area contributed by atoms with Gasteiger partial charge in [0, 0.05) is 12.1 Å². The predicted molar refractivity (Wildman–Crippen MR) is 79.8 cm³/mol. The zero-order valence-electron chi connectivity index (χ0n) is 11.6. The van der Waals surface area contributed by atoms with Gasteiger partial charge in [-0.05, 0) is 43.1 Å². The molecule has 0 spiro atoms. The molecule has 0 aliphatic carbocycles. The van der Waals surface area contributed by atoms with Gasteiger partial charge < -0.3 is 5.32 Å². The standard InChI is InChI=1S/C16H17FN2O2/c17-16-4-2-1-3-14(16)10-12-18-11-9-13-5-7-15(8-6-13)19(20)21/h1-8,18H,9-12H2. The molecular weight excluding hydrogens is 271 g/mol. The van der Waals surface area contributed by atoms with E-state index in [1.54, 1.807) is 24.3 Å². The van der Waals surface area contributed by atoms with Gasteiger partial charge in [0.15, 0.2) is 0 Å². The Labute approximate surface area is 122 Å². The summed E-state index contributed by atoms with van der Waals surface area (Å²) < 4.78 is 13.4. The van der Waals surface area contributed by atoms with Crippen LogP contribution in [0.3, 0.4) is 0 Å². The van der Waals surface area contributed by atoms with Crippen molar-refractivity contribution in [2.75, 3.05) is 13.1 Å². The Kier molecular flexibility index (Phi) is 5.40. The first kappa shape index (κ1) is 15.1. The highest BCUT2D eigenvalue weighted by molar-refractivity contribution is 5.32. The molecular formula is C16H17FN2O2. The van der Waals surface area contributed by atoms with Crippen molar-refractivity contribution in [1.82, 2.24) is 5.32 Å². The number of hydrogen-bond donors (Lipinski definition) is 1. The first-order chi connectivity index (χ1) is 10.2. The van der Waals surface area contributed by atoms with E-state index in [4.69, 9.17) is 0 Å². The second-order valence-corrected chi connectivity index (χ2v) is 4.76. The fourth-order valence-corrected chi connectivity index (χ4v) is 2.07. The Morgan fingerprint density at radius 3 is 2.33 bits per heavy atom. The zero-order chi connectivity index (χ0) is 15.1. The van der Waals surface area contributed by atoms with Gasteiger partial charge in [-0.25, -0.2) is 4.39 Å². The van der Waals surface area contributed by atoms with Crippen molar-refractivity contribution in [3.63, 3.8) is 0 Å². The van der Waals surface area contributed by atoms with Crippen molar-refractivity contribution in [2.24, 2.45) is 0 Å². The number of benzene rings is 2. The maximum Gasteiger partial charge on any atom is 0.269 e. The summed E-state index contributed by atoms with van der Waals surface area (Å²) in [7, 11) is 0. The molecule has 0 aromatic heterocycles. The minimum absolute atomic E-state index is 0.103. The number of nitro groups is 1. The van der Waals surface area contributed by atoms with Gasteiger partial charge in [0.25, 0.3) is 5.69 Å². The van der Waals surface area contributed by atoms with Crippen LogP contribution in [0.2, 0.25) is 0 Å². The van der Waals surface area contributed by atoms with Gasteiger partial charge in [0.1, 0.15) is 5.82 Å². The number of nitrogens with zero attached hydrogens (tertiary/aromatic N) is 1. The number of rotatable bonds is 7. The van der Waals surface area contributed by atoms with E-state index in [-0.39, 0.29) is 11.5 Å². The molecule has 0 aliphatic rings. The second-order valence-electron chi connectivity index (χ2n) is 4.76. The van der Waals surface area contributed by atoms with Crippen LogP contribution in [0.25, 0.3) is 0 Å². The molecule has 0 bridgehead atoms. The van der Waals surface area contributed by atoms with Crippen LogP contribution in [0.1, 0.15) is 11.1 Å². The van der Waals surface area contributed by atoms with E-state index in [1.807, 2.05) is 6.07 Å². The summed E-state index contributed by atoms with van der Waals surface area (Å²) in [6.45, 7) is 1.46. The molecule has 0 saturated carbocycles. The topological polar surface area (TPSA) is 55.2 Å². The van der Waals surface area contributed by atoms with E-state index in [0.29, 0.717) is 18.5 Å². The van der Waals surface area contributed by atoms with E-state index in [0.717, 1.165) is 18.5 Å². The molecule has 4 nitrogen and oxygen atoms in total. The third-order valence-electron chi connectivity index (χ3n) is 3.27. The van der Waals surface area contributed by atoms with Crippen LogP contribution < -0.4 is 5.32 Å². The van der Waals surface area contributed by atoms with Gasteiger partial charge in [-0.1, -0.05) is 30.3 Å². The van der Waals surface area contributed by atoms with E-state index in [2.05, 4.69) is 5.32 Å². The zero-order valence-corrected chi connectivity index (χ0v) is 11.6. The van der Waals surface area contributed by atoms with Crippen LogP contribution in [0, 0.1) is 15.9 Å². The average Bonchev–Trinajstić information content (AvgIpc) is 2.49. The Morgan fingerprint density at radius 2 is 1.67 bits per heavy atom. The van der Waals surface area contributed by atoms with E-state index in [1.165, 1.54) is 18.2 Å². The molecule has 0 saturated heterocycles. The monoisotopic (exact) mass is 288 g/mol. The lowest BCUT2D eigenvalue weighted by molar-refractivity contribution is -0.384. The number of nitro benzene ring substituents is 1. The van der Waals surface area contributed by atoms with Gasteiger partial charge in [-0.2, -0.15) is 0 Å². The van der Waals surface area contributed by atoms with Crippen molar-refractivity contribution < 1.29 is 9.31 Å². The van der Waals surface area contributed by atoms with Crippen LogP contribution in [0.4, 0.5) is 10.1 Å². The lowest BCUT2D eigenvalue weighted by Gasteiger charge is -2.06. The quantitative estimate of drug-likeness (QED) is 0.484. The van der Waals surface area contributed by atoms with Gasteiger partial charge >= 0.3 is 0 Å². The first-order valence-electron chi connectivity index (χ1n) is 6.84. The summed E-state index contributed by atoms with van der Waals surface area (Å²) in [6, 6.07) is 13.3. The number of nitrogens with one attached hydrogen (secondary N) is 1. The Hall–Kier alpha value is -2.27. The van der Waals surface area contributed by atoms with Crippen molar-refractivity contribution in [3.8, 4) is 0 Å². The summed E-state index contributed by atoms with van der Waals surface area (Å²) in [5, 5.41) is 13.8. The number of non-ortho nitro benzene ring substituents is 1. The molecule has 2 aromatic rings. The highest BCUT2D eigenvalue weighted by Gasteiger charge is 2.03. The molecule has 0 atom stereocenters. The molecule has 0 unspecified atom stereocenters. The lowest BCUT2D eigenvalue weighted by Crippen LogP contribution is -2.20. The summed E-state index contributed by atoms with van der Waals surface area (Å²) >= 11 is 0. The van der Waals surface area contributed by atoms with Gasteiger partial charge in [0.2, 0.25) is 0 Å². The predicted octanol–water partition coefficient (Wildman–Crippen LogP) is 3.11. The fraction of sp³-hybridized carbons (Fsp3) is 0.250. The largest absolute Gasteiger partial charge is 0.316 e. The van der Waals surface area contributed by atoms with Crippen LogP contribution in [-0.2, 0) is 12.8 Å². The van der Waals surface area contributed by atoms with Crippen molar-refractivity contribution >= 4 is 5.69 Å². The average molecular weight is 288 g/mol. The van der Waals surface area contributed by atoms with E-state index < -0.39 is 4.92 Å². The van der Waals surface area contributed by atoms with Crippen LogP contribution >= 0.6 is 0 Å². The van der Waals surface area contributed by atoms with Gasteiger partial charge in [-0.15, -0.1) is 0 Å². The first-order valence-corrected chi connectivity index (χ1v) is 6.84. The molecule has 0 radical (unpaired) electrons. The van der Waals surface area contributed by atoms with Crippen LogP contribution in [-0.4, -0.2) is 18.0 Å². The SMILES string of the molecule is O=[N+]([O-])c1ccc(CCNCCc2ccccc2F)cc1. The molecule has 0 fully saturated rings. The Bertz CT molecular complexity index is 599. The van der Waals surface area contributed by atoms with Gasteiger partial charge in [0.05, 0.1) is 4.92 Å². The highest BCUT2D eigenvalue weighted by atomic mass is 19.1. The minimum Gasteiger partial charge on any atom is -0.316 e. The van der Waals surface area contributed by atoms with E-state index in [9.17, 15) is 14.5 Å². The van der Waals surface area contributed by atoms with Crippen molar-refractivity contribution in [3.05, 3.63) is 75.6 Å². The van der Waals surface area contributed by atoms with Crippen molar-refractivity contribution in [1.29, 1.82) is 0 Å². The fourth-order valence-electron chi connectivity index (χ4n) is 2.07. The number of hydrogen-bond acceptors (Lipinski definition) is 3. The molecule has 110 valence electrons. The normalized spacial score (nSPS) is 10.5. The van der Waals surface area contributed by atoms with Crippen LogP contribution in [0.5, 0.6) is 0 Å². The summed E-state index contributed by atoms with van der Waals surface area (Å²) in [5.41, 5.74) is 1.85. The highest BCUT2D eigenvalue weighted by Crippen LogP contribution is 2.12. The third kappa shape index (κ3) is 4.65. The number of halogens is 1. The summed E-state index contributed by atoms with van der Waals surface area (Å²) in [4.78, 5) is 10.1. The molecule has 2 rings (SSSR count). The van der Waals surface area contributed by atoms with Gasteiger partial charge in [-0.3, -0.25) is 10.1 Å². The van der Waals surface area contributed by atoms with Crippen LogP contribution in [0.15, 0.2) is 48.5 Å². The summed E-state index contributed by atoms with van der Waals surface area (Å²) in [5.74, 6) is -0.172. The van der Waals surface area contributed by atoms with Crippen molar-refractivity contribution in [2.45, 2.75) is 12.8 Å². The molecule has 2 aromatic carbocycles. The Balaban J connectivity index is 1.70. The Morgan fingerprint density at radius 1 is 1.00 bits per heavy atom. The minimum atomic E-state index is -0.406. The lowest BCUT2D eigenvalue weighted by atomic mass is 10.1. The maximum absolute atomic E-state index is 13.4. The third-order valence-corrected chi connectivity index (χ3v) is 3.27.